The molecule has 220 valence electrons. The van der Waals surface area contributed by atoms with Gasteiger partial charge in [-0.05, 0) is 64.5 Å². The molecule has 0 radical (unpaired) electrons. The van der Waals surface area contributed by atoms with Gasteiger partial charge in [0.2, 0.25) is 5.75 Å². The van der Waals surface area contributed by atoms with Crippen molar-refractivity contribution < 1.29 is 33.6 Å². The standard InChI is InChI=1S/C34H31NO8/c1-39-28-16-23(17-29(40-2)32(28)41-3)30-26-14-13-25(43-20-21-9-6-5-7-10-21)18-27(26)33(37)35(31(30)34(38)42-4)24-12-8-11-22(15-24)19-36/h5-18,36H,19-20H2,1-4H3. The van der Waals surface area contributed by atoms with Crippen LogP contribution in [0, 0.1) is 0 Å². The van der Waals surface area contributed by atoms with Gasteiger partial charge in [0.15, 0.2) is 11.5 Å². The van der Waals surface area contributed by atoms with Crippen molar-refractivity contribution in [2.75, 3.05) is 28.4 Å². The predicted octanol–water partition coefficient (Wildman–Crippen LogP) is 5.54. The molecule has 0 aliphatic heterocycles. The lowest BCUT2D eigenvalue weighted by molar-refractivity contribution is 0.0591. The van der Waals surface area contributed by atoms with Crippen LogP contribution in [0.2, 0.25) is 0 Å². The van der Waals surface area contributed by atoms with Crippen LogP contribution in [0.25, 0.3) is 27.6 Å². The second-order valence-electron chi connectivity index (χ2n) is 9.58. The van der Waals surface area contributed by atoms with Gasteiger partial charge in [-0.3, -0.25) is 9.36 Å². The third-order valence-corrected chi connectivity index (χ3v) is 7.09. The summed E-state index contributed by atoms with van der Waals surface area (Å²) in [6.45, 7) is 0.0556. The zero-order chi connectivity index (χ0) is 30.5. The number of hydrogen-bond acceptors (Lipinski definition) is 8. The van der Waals surface area contributed by atoms with Crippen LogP contribution >= 0.6 is 0 Å². The number of hydrogen-bond donors (Lipinski definition) is 1. The van der Waals surface area contributed by atoms with Gasteiger partial charge in [0, 0.05) is 11.3 Å². The smallest absolute Gasteiger partial charge is 0.355 e. The fourth-order valence-corrected chi connectivity index (χ4v) is 5.06. The molecule has 0 aliphatic carbocycles. The monoisotopic (exact) mass is 581 g/mol. The van der Waals surface area contributed by atoms with Crippen molar-refractivity contribution in [3.63, 3.8) is 0 Å². The van der Waals surface area contributed by atoms with Crippen LogP contribution in [0.1, 0.15) is 21.6 Å². The average Bonchev–Trinajstić information content (AvgIpc) is 3.06. The quantitative estimate of drug-likeness (QED) is 0.214. The molecule has 1 N–H and O–H groups in total. The SMILES string of the molecule is COC(=O)c1c(-c2cc(OC)c(OC)c(OC)c2)c2ccc(OCc3ccccc3)cc2c(=O)n1-c1cccc(CO)c1. The number of esters is 1. The molecule has 0 aliphatic rings. The first-order valence-corrected chi connectivity index (χ1v) is 13.4. The molecule has 1 heterocycles. The van der Waals surface area contributed by atoms with E-state index in [0.717, 1.165) is 5.56 Å². The van der Waals surface area contributed by atoms with Crippen LogP contribution in [0.4, 0.5) is 0 Å². The molecule has 0 atom stereocenters. The number of aliphatic hydroxyl groups is 1. The molecule has 9 heteroatoms. The summed E-state index contributed by atoms with van der Waals surface area (Å²) in [5.41, 5.74) is 2.36. The Kier molecular flexibility index (Phi) is 8.64. The topological polar surface area (TPSA) is 105 Å². The average molecular weight is 582 g/mol. The molecule has 0 saturated heterocycles. The summed E-state index contributed by atoms with van der Waals surface area (Å²) in [5.74, 6) is 0.845. The van der Waals surface area contributed by atoms with Gasteiger partial charge in [-0.2, -0.15) is 0 Å². The van der Waals surface area contributed by atoms with Gasteiger partial charge in [-0.25, -0.2) is 4.79 Å². The number of benzene rings is 4. The highest BCUT2D eigenvalue weighted by Crippen LogP contribution is 2.44. The number of methoxy groups -OCH3 is 4. The highest BCUT2D eigenvalue weighted by Gasteiger charge is 2.27. The Bertz CT molecular complexity index is 1820. The first-order valence-electron chi connectivity index (χ1n) is 13.4. The van der Waals surface area contributed by atoms with E-state index in [9.17, 15) is 14.7 Å². The summed E-state index contributed by atoms with van der Waals surface area (Å²) >= 11 is 0. The lowest BCUT2D eigenvalue weighted by atomic mass is 9.95. The molecule has 9 nitrogen and oxygen atoms in total. The van der Waals surface area contributed by atoms with Crippen molar-refractivity contribution in [3.8, 4) is 39.8 Å². The van der Waals surface area contributed by atoms with Gasteiger partial charge in [0.25, 0.3) is 5.56 Å². The summed E-state index contributed by atoms with van der Waals surface area (Å²) < 4.78 is 29.3. The highest BCUT2D eigenvalue weighted by atomic mass is 16.5. The zero-order valence-corrected chi connectivity index (χ0v) is 24.2. The highest BCUT2D eigenvalue weighted by molar-refractivity contribution is 6.07. The van der Waals surface area contributed by atoms with E-state index in [1.54, 1.807) is 54.6 Å². The van der Waals surface area contributed by atoms with Crippen LogP contribution < -0.4 is 24.5 Å². The zero-order valence-electron chi connectivity index (χ0n) is 24.2. The molecular formula is C34H31NO8. The molecule has 0 saturated carbocycles. The predicted molar refractivity (Wildman–Crippen MR) is 163 cm³/mol. The fourth-order valence-electron chi connectivity index (χ4n) is 5.06. The largest absolute Gasteiger partial charge is 0.493 e. The van der Waals surface area contributed by atoms with Crippen LogP contribution in [0.15, 0.2) is 89.7 Å². The number of rotatable bonds is 10. The molecule has 43 heavy (non-hydrogen) atoms. The number of carbonyl (C=O) groups is 1. The van der Waals surface area contributed by atoms with E-state index >= 15 is 0 Å². The van der Waals surface area contributed by atoms with E-state index < -0.39 is 11.5 Å². The molecule has 0 unspecified atom stereocenters. The number of aliphatic hydroxyl groups excluding tert-OH is 1. The number of nitrogens with zero attached hydrogens (tertiary/aromatic N) is 1. The minimum absolute atomic E-state index is 0.0117. The number of aromatic nitrogens is 1. The lowest BCUT2D eigenvalue weighted by Gasteiger charge is -2.21. The summed E-state index contributed by atoms with van der Waals surface area (Å²) in [5, 5.41) is 10.6. The molecule has 4 aromatic carbocycles. The van der Waals surface area contributed by atoms with Crippen molar-refractivity contribution in [2.45, 2.75) is 13.2 Å². The van der Waals surface area contributed by atoms with Crippen LogP contribution in [0.3, 0.4) is 0 Å². The third kappa shape index (κ3) is 5.62. The van der Waals surface area contributed by atoms with E-state index in [0.29, 0.717) is 62.8 Å². The van der Waals surface area contributed by atoms with Gasteiger partial charge in [-0.15, -0.1) is 0 Å². The van der Waals surface area contributed by atoms with Gasteiger partial charge in [-0.1, -0.05) is 42.5 Å². The first-order chi connectivity index (χ1) is 20.9. The number of pyridine rings is 1. The third-order valence-electron chi connectivity index (χ3n) is 7.09. The van der Waals surface area contributed by atoms with Gasteiger partial charge in [0.1, 0.15) is 18.1 Å². The Morgan fingerprint density at radius 1 is 0.767 bits per heavy atom. The van der Waals surface area contributed by atoms with E-state index in [2.05, 4.69) is 0 Å². The molecule has 0 fully saturated rings. The van der Waals surface area contributed by atoms with Crippen LogP contribution in [-0.2, 0) is 18.0 Å². The van der Waals surface area contributed by atoms with E-state index in [4.69, 9.17) is 23.7 Å². The Balaban J connectivity index is 1.86. The second-order valence-corrected chi connectivity index (χ2v) is 9.58. The van der Waals surface area contributed by atoms with Crippen LogP contribution in [-0.4, -0.2) is 44.1 Å². The lowest BCUT2D eigenvalue weighted by Crippen LogP contribution is -2.27. The van der Waals surface area contributed by atoms with E-state index in [1.807, 2.05) is 30.3 Å². The van der Waals surface area contributed by atoms with Crippen molar-refractivity contribution in [1.29, 1.82) is 0 Å². The maximum atomic E-state index is 14.3. The van der Waals surface area contributed by atoms with Crippen molar-refractivity contribution >= 4 is 16.7 Å². The summed E-state index contributed by atoms with van der Waals surface area (Å²) in [4.78, 5) is 27.9. The van der Waals surface area contributed by atoms with Gasteiger partial charge in [0.05, 0.1) is 40.4 Å². The molecule has 5 rings (SSSR count). The van der Waals surface area contributed by atoms with Crippen molar-refractivity contribution in [2.24, 2.45) is 0 Å². The van der Waals surface area contributed by atoms with E-state index in [-0.39, 0.29) is 12.3 Å². The van der Waals surface area contributed by atoms with Crippen LogP contribution in [0.5, 0.6) is 23.0 Å². The molecule has 1 aromatic heterocycles. The Morgan fingerprint density at radius 2 is 1.47 bits per heavy atom. The number of fused-ring (bicyclic) bond motifs is 1. The number of carbonyl (C=O) groups excluding carboxylic acids is 1. The van der Waals surface area contributed by atoms with Gasteiger partial charge < -0.3 is 28.8 Å². The molecule has 0 spiro atoms. The molecule has 0 amide bonds. The molecule has 5 aromatic rings. The maximum absolute atomic E-state index is 14.3. The second kappa shape index (κ2) is 12.7. The summed E-state index contributed by atoms with van der Waals surface area (Å²) in [6.07, 6.45) is 0. The minimum Gasteiger partial charge on any atom is -0.493 e. The van der Waals surface area contributed by atoms with E-state index in [1.165, 1.54) is 33.0 Å². The van der Waals surface area contributed by atoms with Crippen molar-refractivity contribution in [3.05, 3.63) is 112 Å². The maximum Gasteiger partial charge on any atom is 0.355 e. The normalized spacial score (nSPS) is 10.8. The first kappa shape index (κ1) is 29.2. The van der Waals surface area contributed by atoms with Gasteiger partial charge >= 0.3 is 5.97 Å². The Morgan fingerprint density at radius 3 is 2.09 bits per heavy atom. The van der Waals surface area contributed by atoms with Crippen molar-refractivity contribution in [1.82, 2.24) is 4.57 Å². The summed E-state index contributed by atoms with van der Waals surface area (Å²) in [7, 11) is 5.75. The fraction of sp³-hybridized carbons (Fsp3) is 0.176. The minimum atomic E-state index is -0.735. The Labute approximate surface area is 248 Å². The Hall–Kier alpha value is -5.28. The number of ether oxygens (including phenoxy) is 5. The summed E-state index contributed by atoms with van der Waals surface area (Å²) in [6, 6.07) is 25.0. The molecule has 0 bridgehead atoms. The molecular weight excluding hydrogens is 550 g/mol.